The third kappa shape index (κ3) is 6.32. The number of nitrogens with one attached hydrogen (secondary N) is 2. The zero-order valence-electron chi connectivity index (χ0n) is 11.1. The van der Waals surface area contributed by atoms with Crippen molar-refractivity contribution in [1.29, 1.82) is 0 Å². The van der Waals surface area contributed by atoms with Crippen LogP contribution in [-0.2, 0) is 4.79 Å². The van der Waals surface area contributed by atoms with Crippen molar-refractivity contribution in [3.05, 3.63) is 0 Å². The lowest BCUT2D eigenvalue weighted by molar-refractivity contribution is -0.123. The highest BCUT2D eigenvalue weighted by molar-refractivity contribution is 7.99. The van der Waals surface area contributed by atoms with Crippen molar-refractivity contribution in [1.82, 2.24) is 10.6 Å². The first-order valence-corrected chi connectivity index (χ1v) is 8.01. The van der Waals surface area contributed by atoms with Crippen LogP contribution in [0.3, 0.4) is 0 Å². The van der Waals surface area contributed by atoms with E-state index >= 15 is 0 Å². The number of carbonyl (C=O) groups is 1. The van der Waals surface area contributed by atoms with Crippen LogP contribution in [0.4, 0.5) is 0 Å². The van der Waals surface area contributed by atoms with E-state index in [1.54, 1.807) is 0 Å². The molecule has 2 unspecified atom stereocenters. The molecule has 0 saturated carbocycles. The molecule has 1 saturated heterocycles. The van der Waals surface area contributed by atoms with Crippen molar-refractivity contribution >= 4 is 17.7 Å². The molecule has 1 aliphatic heterocycles. The molecule has 2 N–H and O–H groups in total. The van der Waals surface area contributed by atoms with Gasteiger partial charge in [0.1, 0.15) is 0 Å². The van der Waals surface area contributed by atoms with Crippen LogP contribution in [0.5, 0.6) is 0 Å². The fourth-order valence-electron chi connectivity index (χ4n) is 2.11. The predicted molar refractivity (Wildman–Crippen MR) is 75.5 cm³/mol. The van der Waals surface area contributed by atoms with E-state index in [1.165, 1.54) is 25.7 Å². The lowest BCUT2D eigenvalue weighted by atomic mass is 10.0. The van der Waals surface area contributed by atoms with Gasteiger partial charge in [-0.25, -0.2) is 0 Å². The van der Waals surface area contributed by atoms with Gasteiger partial charge in [0.05, 0.1) is 6.04 Å². The van der Waals surface area contributed by atoms with E-state index in [4.69, 9.17) is 0 Å². The van der Waals surface area contributed by atoms with Crippen molar-refractivity contribution in [2.24, 2.45) is 0 Å². The summed E-state index contributed by atoms with van der Waals surface area (Å²) in [4.78, 5) is 12.1. The van der Waals surface area contributed by atoms with E-state index in [1.807, 2.05) is 11.8 Å². The van der Waals surface area contributed by atoms with Crippen LogP contribution < -0.4 is 10.6 Å². The smallest absolute Gasteiger partial charge is 0.237 e. The Balaban J connectivity index is 2.28. The minimum atomic E-state index is 0.0318. The third-order valence-electron chi connectivity index (χ3n) is 3.09. The predicted octanol–water partition coefficient (Wildman–Crippen LogP) is 2.17. The molecule has 100 valence electrons. The van der Waals surface area contributed by atoms with Gasteiger partial charge < -0.3 is 10.6 Å². The number of hydrogen-bond acceptors (Lipinski definition) is 3. The second-order valence-corrected chi connectivity index (χ2v) is 6.10. The molecule has 0 aliphatic carbocycles. The number of rotatable bonds is 5. The maximum absolute atomic E-state index is 12.1. The molecule has 0 aromatic heterocycles. The first-order chi connectivity index (χ1) is 8.24. The Morgan fingerprint density at radius 3 is 2.94 bits per heavy atom. The van der Waals surface area contributed by atoms with Crippen LogP contribution in [0.15, 0.2) is 0 Å². The topological polar surface area (TPSA) is 41.1 Å². The van der Waals surface area contributed by atoms with E-state index in [-0.39, 0.29) is 18.0 Å². The lowest BCUT2D eigenvalue weighted by Crippen LogP contribution is -2.48. The quantitative estimate of drug-likeness (QED) is 0.794. The van der Waals surface area contributed by atoms with Crippen molar-refractivity contribution in [2.75, 3.05) is 18.1 Å². The largest absolute Gasteiger partial charge is 0.351 e. The summed E-state index contributed by atoms with van der Waals surface area (Å²) in [5, 5.41) is 6.47. The number of hydrogen-bond donors (Lipinski definition) is 2. The standard InChI is InChI=1S/C13H26N2OS/c1-3-17-10-11(2)15-13(16)12-8-6-4-5-7-9-14-12/h11-12,14H,3-10H2,1-2H3,(H,15,16). The van der Waals surface area contributed by atoms with Crippen molar-refractivity contribution < 1.29 is 4.79 Å². The molecular formula is C13H26N2OS. The molecule has 4 heteroatoms. The van der Waals surface area contributed by atoms with Gasteiger partial charge in [0.2, 0.25) is 5.91 Å². The SMILES string of the molecule is CCSCC(C)NC(=O)C1CCCCCCN1. The summed E-state index contributed by atoms with van der Waals surface area (Å²) in [5.74, 6) is 2.31. The van der Waals surface area contributed by atoms with E-state index in [0.717, 1.165) is 24.5 Å². The van der Waals surface area contributed by atoms with Crippen molar-refractivity contribution in [3.8, 4) is 0 Å². The Labute approximate surface area is 109 Å². The molecule has 1 rings (SSSR count). The van der Waals surface area contributed by atoms with Gasteiger partial charge in [-0.05, 0) is 32.1 Å². The van der Waals surface area contributed by atoms with Crippen molar-refractivity contribution in [2.45, 2.75) is 58.0 Å². The van der Waals surface area contributed by atoms with Crippen LogP contribution in [-0.4, -0.2) is 36.0 Å². The van der Waals surface area contributed by atoms with E-state index in [0.29, 0.717) is 0 Å². The van der Waals surface area contributed by atoms with Gasteiger partial charge in [-0.1, -0.05) is 26.2 Å². The summed E-state index contributed by atoms with van der Waals surface area (Å²) < 4.78 is 0. The maximum Gasteiger partial charge on any atom is 0.237 e. The van der Waals surface area contributed by atoms with Gasteiger partial charge in [0.25, 0.3) is 0 Å². The fraction of sp³-hybridized carbons (Fsp3) is 0.923. The molecule has 0 radical (unpaired) electrons. The molecular weight excluding hydrogens is 232 g/mol. The molecule has 1 amide bonds. The van der Waals surface area contributed by atoms with Crippen LogP contribution in [0, 0.1) is 0 Å². The third-order valence-corrected chi connectivity index (χ3v) is 4.23. The second kappa shape index (κ2) is 8.81. The summed E-state index contributed by atoms with van der Waals surface area (Å²) in [5.41, 5.74) is 0. The summed E-state index contributed by atoms with van der Waals surface area (Å²) in [6, 6.07) is 0.309. The molecule has 0 bridgehead atoms. The average molecular weight is 258 g/mol. The van der Waals surface area contributed by atoms with Gasteiger partial charge in [-0.3, -0.25) is 4.79 Å². The van der Waals surface area contributed by atoms with Crippen LogP contribution in [0.2, 0.25) is 0 Å². The molecule has 1 heterocycles. The molecule has 17 heavy (non-hydrogen) atoms. The monoisotopic (exact) mass is 258 g/mol. The second-order valence-electron chi connectivity index (χ2n) is 4.78. The van der Waals surface area contributed by atoms with Crippen LogP contribution in [0.25, 0.3) is 0 Å². The van der Waals surface area contributed by atoms with E-state index in [2.05, 4.69) is 24.5 Å². The highest BCUT2D eigenvalue weighted by atomic mass is 32.2. The molecule has 0 aromatic carbocycles. The lowest BCUT2D eigenvalue weighted by Gasteiger charge is -2.23. The van der Waals surface area contributed by atoms with Gasteiger partial charge in [-0.2, -0.15) is 11.8 Å². The van der Waals surface area contributed by atoms with Gasteiger partial charge in [0.15, 0.2) is 0 Å². The van der Waals surface area contributed by atoms with E-state index in [9.17, 15) is 4.79 Å². The molecule has 2 atom stereocenters. The first kappa shape index (κ1) is 14.8. The zero-order valence-corrected chi connectivity index (χ0v) is 11.9. The fourth-order valence-corrected chi connectivity index (χ4v) is 2.78. The number of thioether (sulfide) groups is 1. The Bertz CT molecular complexity index is 215. The molecule has 3 nitrogen and oxygen atoms in total. The molecule has 0 aromatic rings. The Kier molecular flexibility index (Phi) is 7.69. The first-order valence-electron chi connectivity index (χ1n) is 6.85. The van der Waals surface area contributed by atoms with Crippen LogP contribution in [0.1, 0.15) is 46.0 Å². The number of carbonyl (C=O) groups excluding carboxylic acids is 1. The molecule has 1 fully saturated rings. The Hall–Kier alpha value is -0.220. The molecule has 0 spiro atoms. The normalized spacial score (nSPS) is 23.5. The minimum Gasteiger partial charge on any atom is -0.351 e. The van der Waals surface area contributed by atoms with Gasteiger partial charge in [0, 0.05) is 11.8 Å². The maximum atomic E-state index is 12.1. The summed E-state index contributed by atoms with van der Waals surface area (Å²) in [6.45, 7) is 5.22. The average Bonchev–Trinajstić information content (AvgIpc) is 2.25. The molecule has 1 aliphatic rings. The minimum absolute atomic E-state index is 0.0318. The number of amides is 1. The highest BCUT2D eigenvalue weighted by Crippen LogP contribution is 2.10. The van der Waals surface area contributed by atoms with Crippen molar-refractivity contribution in [3.63, 3.8) is 0 Å². The zero-order chi connectivity index (χ0) is 12.5. The van der Waals surface area contributed by atoms with Gasteiger partial charge >= 0.3 is 0 Å². The summed E-state index contributed by atoms with van der Waals surface area (Å²) >= 11 is 1.88. The van der Waals surface area contributed by atoms with Gasteiger partial charge in [-0.15, -0.1) is 0 Å². The van der Waals surface area contributed by atoms with Crippen LogP contribution >= 0.6 is 11.8 Å². The van der Waals surface area contributed by atoms with E-state index < -0.39 is 0 Å². The Morgan fingerprint density at radius 1 is 1.41 bits per heavy atom. The summed E-state index contributed by atoms with van der Waals surface area (Å²) in [6.07, 6.45) is 5.92. The summed E-state index contributed by atoms with van der Waals surface area (Å²) in [7, 11) is 0. The Morgan fingerprint density at radius 2 is 2.18 bits per heavy atom. The highest BCUT2D eigenvalue weighted by Gasteiger charge is 2.19.